The molecule has 0 aliphatic rings. The maximum absolute atomic E-state index is 13.4. The zero-order valence-corrected chi connectivity index (χ0v) is 16.7. The number of nitrogens with zero attached hydrogens (tertiary/aromatic N) is 2. The second-order valence-corrected chi connectivity index (χ2v) is 6.80. The van der Waals surface area contributed by atoms with E-state index >= 15 is 0 Å². The highest BCUT2D eigenvalue weighted by molar-refractivity contribution is 14.1. The number of carboxylic acid groups (broad SMARTS) is 1. The lowest BCUT2D eigenvalue weighted by atomic mass is 10.1. The van der Waals surface area contributed by atoms with Crippen LogP contribution in [0.2, 0.25) is 0 Å². The lowest BCUT2D eigenvalue weighted by Gasteiger charge is -2.12. The molecule has 2 aromatic carbocycles. The highest BCUT2D eigenvalue weighted by atomic mass is 127. The van der Waals surface area contributed by atoms with E-state index in [1.165, 1.54) is 25.3 Å². The Kier molecular flexibility index (Phi) is 5.79. The zero-order chi connectivity index (χ0) is 20.3. The number of nitriles is 1. The molecule has 0 saturated carbocycles. The highest BCUT2D eigenvalue weighted by Crippen LogP contribution is 2.35. The first-order valence-corrected chi connectivity index (χ1v) is 8.98. The number of carbonyl (C=O) groups is 1. The Balaban J connectivity index is 2.00. The van der Waals surface area contributed by atoms with Gasteiger partial charge < -0.3 is 19.6 Å². The molecule has 0 fully saturated rings. The number of aromatic amines is 1. The van der Waals surface area contributed by atoms with E-state index < -0.39 is 18.4 Å². The maximum Gasteiger partial charge on any atom is 0.341 e. The SMILES string of the molecule is COc1cc(/C=C(/C#N)c2nc3ccc(F)cc3[nH]2)cc(I)c1OCC(=O)O. The van der Waals surface area contributed by atoms with Crippen molar-refractivity contribution in [2.75, 3.05) is 13.7 Å². The average Bonchev–Trinajstić information content (AvgIpc) is 3.07. The van der Waals surface area contributed by atoms with E-state index in [4.69, 9.17) is 14.6 Å². The number of aliphatic carboxylic acids is 1. The van der Waals surface area contributed by atoms with Gasteiger partial charge in [0.1, 0.15) is 17.7 Å². The first kappa shape index (κ1) is 19.6. The van der Waals surface area contributed by atoms with Crippen LogP contribution in [-0.2, 0) is 4.79 Å². The van der Waals surface area contributed by atoms with Crippen molar-refractivity contribution in [2.24, 2.45) is 0 Å². The van der Waals surface area contributed by atoms with Gasteiger partial charge in [-0.3, -0.25) is 0 Å². The summed E-state index contributed by atoms with van der Waals surface area (Å²) in [6.45, 7) is -0.499. The van der Waals surface area contributed by atoms with Gasteiger partial charge in [-0.05, 0) is 64.6 Å². The Hall–Kier alpha value is -3.13. The highest BCUT2D eigenvalue weighted by Gasteiger charge is 2.14. The predicted molar refractivity (Wildman–Crippen MR) is 108 cm³/mol. The molecule has 2 N–H and O–H groups in total. The van der Waals surface area contributed by atoms with Crippen molar-refractivity contribution in [1.82, 2.24) is 9.97 Å². The predicted octanol–water partition coefficient (Wildman–Crippen LogP) is 3.84. The summed E-state index contributed by atoms with van der Waals surface area (Å²) >= 11 is 2.00. The van der Waals surface area contributed by atoms with Crippen molar-refractivity contribution < 1.29 is 23.8 Å². The number of carboxylic acids is 1. The molecule has 142 valence electrons. The molecule has 3 aromatic rings. The van der Waals surface area contributed by atoms with Crippen LogP contribution in [0.25, 0.3) is 22.7 Å². The minimum absolute atomic E-state index is 0.244. The summed E-state index contributed by atoms with van der Waals surface area (Å²) in [4.78, 5) is 18.0. The Morgan fingerprint density at radius 2 is 2.21 bits per heavy atom. The van der Waals surface area contributed by atoms with Crippen LogP contribution in [0.1, 0.15) is 11.4 Å². The number of nitrogens with one attached hydrogen (secondary N) is 1. The van der Waals surface area contributed by atoms with Gasteiger partial charge in [0.25, 0.3) is 0 Å². The van der Waals surface area contributed by atoms with E-state index in [9.17, 15) is 14.4 Å². The van der Waals surface area contributed by atoms with E-state index in [1.807, 2.05) is 22.6 Å². The van der Waals surface area contributed by atoms with Crippen molar-refractivity contribution in [3.05, 3.63) is 51.1 Å². The minimum Gasteiger partial charge on any atom is -0.493 e. The molecule has 1 aromatic heterocycles. The fraction of sp³-hybridized carbons (Fsp3) is 0.105. The van der Waals surface area contributed by atoms with Crippen LogP contribution in [0.5, 0.6) is 11.5 Å². The number of rotatable bonds is 6. The quantitative estimate of drug-likeness (QED) is 0.399. The number of aromatic nitrogens is 2. The summed E-state index contributed by atoms with van der Waals surface area (Å²) < 4.78 is 24.5. The Morgan fingerprint density at radius 3 is 2.89 bits per heavy atom. The van der Waals surface area contributed by atoms with Crippen molar-refractivity contribution in [3.63, 3.8) is 0 Å². The zero-order valence-electron chi connectivity index (χ0n) is 14.5. The number of methoxy groups -OCH3 is 1. The Labute approximate surface area is 172 Å². The summed E-state index contributed by atoms with van der Waals surface area (Å²) in [6.07, 6.45) is 1.60. The van der Waals surface area contributed by atoms with Crippen LogP contribution < -0.4 is 9.47 Å². The molecule has 0 aliphatic carbocycles. The monoisotopic (exact) mass is 493 g/mol. The maximum atomic E-state index is 13.4. The number of imidazole rings is 1. The smallest absolute Gasteiger partial charge is 0.341 e. The van der Waals surface area contributed by atoms with Crippen LogP contribution in [0.4, 0.5) is 4.39 Å². The van der Waals surface area contributed by atoms with Gasteiger partial charge in [-0.1, -0.05) is 0 Å². The van der Waals surface area contributed by atoms with Gasteiger partial charge in [-0.2, -0.15) is 5.26 Å². The van der Waals surface area contributed by atoms with Crippen LogP contribution in [0, 0.1) is 20.7 Å². The van der Waals surface area contributed by atoms with E-state index in [1.54, 1.807) is 18.2 Å². The van der Waals surface area contributed by atoms with Crippen LogP contribution in [-0.4, -0.2) is 34.8 Å². The van der Waals surface area contributed by atoms with Gasteiger partial charge >= 0.3 is 5.97 Å². The van der Waals surface area contributed by atoms with E-state index in [0.717, 1.165) is 0 Å². The van der Waals surface area contributed by atoms with Gasteiger partial charge in [0.2, 0.25) is 0 Å². The molecule has 0 aliphatic heterocycles. The molecule has 0 saturated heterocycles. The number of fused-ring (bicyclic) bond motifs is 1. The summed E-state index contributed by atoms with van der Waals surface area (Å²) in [5.41, 5.74) is 1.91. The third-order valence-electron chi connectivity index (χ3n) is 3.72. The molecular formula is C19H13FIN3O4. The Morgan fingerprint density at radius 1 is 1.43 bits per heavy atom. The molecule has 28 heavy (non-hydrogen) atoms. The molecule has 0 radical (unpaired) electrons. The second-order valence-electron chi connectivity index (χ2n) is 5.63. The van der Waals surface area contributed by atoms with Crippen molar-refractivity contribution >= 4 is 51.2 Å². The molecule has 0 atom stereocenters. The molecule has 1 heterocycles. The van der Waals surface area contributed by atoms with E-state index in [-0.39, 0.29) is 5.57 Å². The van der Waals surface area contributed by atoms with Crippen LogP contribution in [0.3, 0.4) is 0 Å². The molecule has 0 spiro atoms. The molecule has 3 rings (SSSR count). The van der Waals surface area contributed by atoms with Crippen LogP contribution >= 0.6 is 22.6 Å². The molecule has 0 unspecified atom stereocenters. The molecule has 0 bridgehead atoms. The van der Waals surface area contributed by atoms with E-state index in [0.29, 0.717) is 37.5 Å². The lowest BCUT2D eigenvalue weighted by molar-refractivity contribution is -0.139. The fourth-order valence-corrected chi connectivity index (χ4v) is 3.31. The van der Waals surface area contributed by atoms with Crippen molar-refractivity contribution in [3.8, 4) is 17.6 Å². The van der Waals surface area contributed by atoms with Gasteiger partial charge in [0, 0.05) is 0 Å². The topological polar surface area (TPSA) is 108 Å². The van der Waals surface area contributed by atoms with Gasteiger partial charge in [-0.25, -0.2) is 14.2 Å². The number of H-pyrrole nitrogens is 1. The number of hydrogen-bond acceptors (Lipinski definition) is 5. The lowest BCUT2D eigenvalue weighted by Crippen LogP contribution is -2.11. The number of ether oxygens (including phenoxy) is 2. The second kappa shape index (κ2) is 8.26. The first-order chi connectivity index (χ1) is 13.4. The van der Waals surface area contributed by atoms with E-state index in [2.05, 4.69) is 16.0 Å². The molecule has 0 amide bonds. The number of hydrogen-bond donors (Lipinski definition) is 2. The van der Waals surface area contributed by atoms with Crippen LogP contribution in [0.15, 0.2) is 30.3 Å². The minimum atomic E-state index is -1.10. The normalized spacial score (nSPS) is 11.3. The first-order valence-electron chi connectivity index (χ1n) is 7.91. The van der Waals surface area contributed by atoms with Crippen molar-refractivity contribution in [1.29, 1.82) is 5.26 Å². The summed E-state index contributed by atoms with van der Waals surface area (Å²) in [7, 11) is 1.44. The fourth-order valence-electron chi connectivity index (χ4n) is 2.53. The van der Waals surface area contributed by atoms with Gasteiger partial charge in [-0.15, -0.1) is 0 Å². The molecular weight excluding hydrogens is 480 g/mol. The van der Waals surface area contributed by atoms with Gasteiger partial charge in [0.15, 0.2) is 18.1 Å². The Bertz CT molecular complexity index is 1130. The number of allylic oxidation sites excluding steroid dienone is 1. The summed E-state index contributed by atoms with van der Waals surface area (Å²) in [6, 6.07) is 9.55. The number of benzene rings is 2. The van der Waals surface area contributed by atoms with Crippen molar-refractivity contribution in [2.45, 2.75) is 0 Å². The average molecular weight is 493 g/mol. The third-order valence-corrected chi connectivity index (χ3v) is 4.52. The summed E-state index contributed by atoms with van der Waals surface area (Å²) in [5.74, 6) is -0.552. The molecule has 7 nitrogen and oxygen atoms in total. The third kappa shape index (κ3) is 4.23. The summed E-state index contributed by atoms with van der Waals surface area (Å²) in [5, 5.41) is 18.3. The number of halogens is 2. The largest absolute Gasteiger partial charge is 0.493 e. The standard InChI is InChI=1S/C19H13FIN3O4/c1-27-16-6-10(5-13(21)18(16)28-9-17(25)26)4-11(8-22)19-23-14-3-2-12(20)7-15(14)24-19/h2-7H,9H2,1H3,(H,23,24)(H,25,26)/b11-4-. The van der Waals surface area contributed by atoms with Gasteiger partial charge in [0.05, 0.1) is 27.3 Å². The molecule has 9 heteroatoms.